The van der Waals surface area contributed by atoms with Crippen molar-refractivity contribution in [2.45, 2.75) is 6.10 Å². The van der Waals surface area contributed by atoms with Crippen molar-refractivity contribution in [2.24, 2.45) is 0 Å². The van der Waals surface area contributed by atoms with Gasteiger partial charge in [-0.3, -0.25) is 0 Å². The van der Waals surface area contributed by atoms with E-state index in [4.69, 9.17) is 5.26 Å². The van der Waals surface area contributed by atoms with E-state index in [2.05, 4.69) is 5.32 Å². The van der Waals surface area contributed by atoms with Crippen molar-refractivity contribution < 1.29 is 18.3 Å². The molecule has 108 valence electrons. The van der Waals surface area contributed by atoms with Crippen molar-refractivity contribution >= 4 is 5.69 Å². The lowest BCUT2D eigenvalue weighted by molar-refractivity contribution is 0.181. The molecule has 0 aliphatic carbocycles. The molecule has 0 fully saturated rings. The first-order chi connectivity index (χ1) is 10.0. The van der Waals surface area contributed by atoms with E-state index in [0.717, 1.165) is 18.2 Å². The zero-order valence-electron chi connectivity index (χ0n) is 10.8. The van der Waals surface area contributed by atoms with Crippen LogP contribution in [-0.2, 0) is 0 Å². The molecule has 2 aromatic rings. The van der Waals surface area contributed by atoms with Gasteiger partial charge in [-0.1, -0.05) is 6.07 Å². The molecule has 2 aromatic carbocycles. The third-order valence-electron chi connectivity index (χ3n) is 2.92. The maximum absolute atomic E-state index is 13.5. The standard InChI is InChI=1S/C15H11F3N2O/c16-11-5-4-10(6-9(11)7-19)20-8-14(21)15-12(17)2-1-3-13(15)18/h1-6,14,20-21H,8H2. The summed E-state index contributed by atoms with van der Waals surface area (Å²) in [4.78, 5) is 0. The van der Waals surface area contributed by atoms with Crippen LogP contribution in [0.4, 0.5) is 18.9 Å². The largest absolute Gasteiger partial charge is 0.386 e. The van der Waals surface area contributed by atoms with Gasteiger partial charge in [-0.15, -0.1) is 0 Å². The van der Waals surface area contributed by atoms with Crippen LogP contribution in [0.2, 0.25) is 0 Å². The second-order valence-electron chi connectivity index (χ2n) is 4.34. The van der Waals surface area contributed by atoms with Crippen LogP contribution in [0.1, 0.15) is 17.2 Å². The van der Waals surface area contributed by atoms with Gasteiger partial charge in [0.1, 0.15) is 29.6 Å². The Morgan fingerprint density at radius 3 is 2.38 bits per heavy atom. The number of hydrogen-bond acceptors (Lipinski definition) is 3. The summed E-state index contributed by atoms with van der Waals surface area (Å²) < 4.78 is 40.1. The maximum Gasteiger partial charge on any atom is 0.141 e. The molecule has 1 unspecified atom stereocenters. The first kappa shape index (κ1) is 14.9. The van der Waals surface area contributed by atoms with Crippen LogP contribution in [0.5, 0.6) is 0 Å². The van der Waals surface area contributed by atoms with Gasteiger partial charge in [0, 0.05) is 12.2 Å². The van der Waals surface area contributed by atoms with Gasteiger partial charge in [0.25, 0.3) is 0 Å². The number of aliphatic hydroxyl groups is 1. The Labute approximate surface area is 119 Å². The zero-order valence-corrected chi connectivity index (χ0v) is 10.8. The van der Waals surface area contributed by atoms with E-state index in [1.54, 1.807) is 6.07 Å². The van der Waals surface area contributed by atoms with Crippen molar-refractivity contribution in [2.75, 3.05) is 11.9 Å². The van der Waals surface area contributed by atoms with Gasteiger partial charge >= 0.3 is 0 Å². The normalized spacial score (nSPS) is 11.8. The predicted octanol–water partition coefficient (Wildman–Crippen LogP) is 3.12. The number of rotatable bonds is 4. The number of hydrogen-bond donors (Lipinski definition) is 2. The third kappa shape index (κ3) is 3.33. The van der Waals surface area contributed by atoms with Crippen molar-refractivity contribution in [3.8, 4) is 6.07 Å². The third-order valence-corrected chi connectivity index (χ3v) is 2.92. The molecule has 0 aliphatic rings. The molecule has 0 saturated heterocycles. The highest BCUT2D eigenvalue weighted by atomic mass is 19.1. The Morgan fingerprint density at radius 1 is 1.10 bits per heavy atom. The highest BCUT2D eigenvalue weighted by Crippen LogP contribution is 2.22. The quantitative estimate of drug-likeness (QED) is 0.910. The maximum atomic E-state index is 13.5. The molecule has 1 atom stereocenters. The van der Waals surface area contributed by atoms with Gasteiger partial charge < -0.3 is 10.4 Å². The molecule has 0 saturated carbocycles. The number of benzene rings is 2. The molecule has 3 nitrogen and oxygen atoms in total. The van der Waals surface area contributed by atoms with E-state index in [1.807, 2.05) is 0 Å². The Hall–Kier alpha value is -2.52. The highest BCUT2D eigenvalue weighted by Gasteiger charge is 2.17. The molecular weight excluding hydrogens is 281 g/mol. The molecule has 0 heterocycles. The van der Waals surface area contributed by atoms with E-state index in [-0.39, 0.29) is 12.1 Å². The van der Waals surface area contributed by atoms with E-state index < -0.39 is 29.1 Å². The Morgan fingerprint density at radius 2 is 1.76 bits per heavy atom. The molecule has 2 rings (SSSR count). The minimum absolute atomic E-state index is 0.161. The topological polar surface area (TPSA) is 56.0 Å². The summed E-state index contributed by atoms with van der Waals surface area (Å²) in [6.07, 6.45) is -1.42. The lowest BCUT2D eigenvalue weighted by atomic mass is 10.1. The number of aliphatic hydroxyl groups excluding tert-OH is 1. The summed E-state index contributed by atoms with van der Waals surface area (Å²) >= 11 is 0. The smallest absolute Gasteiger partial charge is 0.141 e. The van der Waals surface area contributed by atoms with Gasteiger partial charge in [0.2, 0.25) is 0 Å². The Kier molecular flexibility index (Phi) is 4.45. The second-order valence-corrected chi connectivity index (χ2v) is 4.34. The first-order valence-electron chi connectivity index (χ1n) is 6.08. The van der Waals surface area contributed by atoms with Crippen molar-refractivity contribution in [1.82, 2.24) is 0 Å². The first-order valence-corrected chi connectivity index (χ1v) is 6.08. The molecule has 21 heavy (non-hydrogen) atoms. The average Bonchev–Trinajstić information content (AvgIpc) is 2.46. The van der Waals surface area contributed by atoms with Crippen LogP contribution in [0.25, 0.3) is 0 Å². The minimum atomic E-state index is -1.42. The molecule has 2 N–H and O–H groups in total. The zero-order chi connectivity index (χ0) is 15.4. The van der Waals surface area contributed by atoms with Crippen LogP contribution in [0, 0.1) is 28.8 Å². The summed E-state index contributed by atoms with van der Waals surface area (Å²) in [5.74, 6) is -2.36. The number of nitriles is 1. The van der Waals surface area contributed by atoms with Crippen LogP contribution < -0.4 is 5.32 Å². The van der Waals surface area contributed by atoms with Crippen LogP contribution >= 0.6 is 0 Å². The monoisotopic (exact) mass is 292 g/mol. The Bertz CT molecular complexity index is 678. The van der Waals surface area contributed by atoms with Gasteiger partial charge in [-0.25, -0.2) is 13.2 Å². The molecule has 0 amide bonds. The Balaban J connectivity index is 2.11. The van der Waals surface area contributed by atoms with E-state index >= 15 is 0 Å². The summed E-state index contributed by atoms with van der Waals surface area (Å²) in [5.41, 5.74) is -0.233. The average molecular weight is 292 g/mol. The molecule has 0 bridgehead atoms. The summed E-state index contributed by atoms with van der Waals surface area (Å²) in [5, 5.41) is 21.2. The molecular formula is C15H11F3N2O. The fraction of sp³-hybridized carbons (Fsp3) is 0.133. The molecule has 0 radical (unpaired) electrons. The minimum Gasteiger partial charge on any atom is -0.386 e. The SMILES string of the molecule is N#Cc1cc(NCC(O)c2c(F)cccc2F)ccc1F. The summed E-state index contributed by atoms with van der Waals surface area (Å²) in [6, 6.07) is 8.68. The molecule has 6 heteroatoms. The lowest BCUT2D eigenvalue weighted by Gasteiger charge is -2.14. The summed E-state index contributed by atoms with van der Waals surface area (Å²) in [6.45, 7) is -0.186. The number of nitrogens with zero attached hydrogens (tertiary/aromatic N) is 1. The molecule has 0 spiro atoms. The molecule has 0 aromatic heterocycles. The van der Waals surface area contributed by atoms with Crippen molar-refractivity contribution in [3.05, 3.63) is 65.0 Å². The number of anilines is 1. The van der Waals surface area contributed by atoms with Gasteiger partial charge in [0.05, 0.1) is 11.1 Å². The van der Waals surface area contributed by atoms with E-state index in [1.165, 1.54) is 18.2 Å². The second kappa shape index (κ2) is 6.29. The fourth-order valence-electron chi connectivity index (χ4n) is 1.87. The highest BCUT2D eigenvalue weighted by molar-refractivity contribution is 5.50. The molecule has 0 aliphatic heterocycles. The summed E-state index contributed by atoms with van der Waals surface area (Å²) in [7, 11) is 0. The van der Waals surface area contributed by atoms with Crippen LogP contribution in [-0.4, -0.2) is 11.7 Å². The van der Waals surface area contributed by atoms with Crippen LogP contribution in [0.3, 0.4) is 0 Å². The van der Waals surface area contributed by atoms with Crippen molar-refractivity contribution in [3.63, 3.8) is 0 Å². The van der Waals surface area contributed by atoms with Gasteiger partial charge in [-0.05, 0) is 30.3 Å². The number of halogens is 3. The van der Waals surface area contributed by atoms with E-state index in [0.29, 0.717) is 5.69 Å². The lowest BCUT2D eigenvalue weighted by Crippen LogP contribution is -2.15. The van der Waals surface area contributed by atoms with Gasteiger partial charge in [-0.2, -0.15) is 5.26 Å². The van der Waals surface area contributed by atoms with Crippen molar-refractivity contribution in [1.29, 1.82) is 5.26 Å². The van der Waals surface area contributed by atoms with E-state index in [9.17, 15) is 18.3 Å². The van der Waals surface area contributed by atoms with Gasteiger partial charge in [0.15, 0.2) is 0 Å². The van der Waals surface area contributed by atoms with Crippen LogP contribution in [0.15, 0.2) is 36.4 Å². The fourth-order valence-corrected chi connectivity index (χ4v) is 1.87. The number of nitrogens with one attached hydrogen (secondary N) is 1. The predicted molar refractivity (Wildman–Crippen MR) is 70.9 cm³/mol.